The van der Waals surface area contributed by atoms with E-state index < -0.39 is 0 Å². The van der Waals surface area contributed by atoms with Crippen LogP contribution in [0.5, 0.6) is 5.88 Å². The standard InChI is InChI=1S/C11H12N2O2/c12-7-8-2-1-5-13-11(8)15-10-4-3-9(14)6-10/h1-2,5,9-10,14H,3-4,6H2. The zero-order valence-corrected chi connectivity index (χ0v) is 8.26. The maximum Gasteiger partial charge on any atom is 0.231 e. The molecule has 1 aliphatic rings. The first kappa shape index (κ1) is 9.94. The second-order valence-corrected chi connectivity index (χ2v) is 3.67. The lowest BCUT2D eigenvalue weighted by Crippen LogP contribution is -2.14. The van der Waals surface area contributed by atoms with Crippen LogP contribution in [0.2, 0.25) is 0 Å². The van der Waals surface area contributed by atoms with Gasteiger partial charge in [0.25, 0.3) is 0 Å². The molecule has 0 radical (unpaired) electrons. The highest BCUT2D eigenvalue weighted by atomic mass is 16.5. The van der Waals surface area contributed by atoms with Crippen LogP contribution in [0.15, 0.2) is 18.3 Å². The van der Waals surface area contributed by atoms with E-state index in [-0.39, 0.29) is 12.2 Å². The summed E-state index contributed by atoms with van der Waals surface area (Å²) in [7, 11) is 0. The molecule has 4 nitrogen and oxygen atoms in total. The highest BCUT2D eigenvalue weighted by molar-refractivity contribution is 5.37. The summed E-state index contributed by atoms with van der Waals surface area (Å²) in [6, 6.07) is 5.41. The molecule has 1 aromatic rings. The molecule has 0 aliphatic heterocycles. The largest absolute Gasteiger partial charge is 0.473 e. The molecule has 15 heavy (non-hydrogen) atoms. The molecule has 78 valence electrons. The molecule has 0 saturated heterocycles. The number of aliphatic hydroxyl groups excluding tert-OH is 1. The first-order valence-electron chi connectivity index (χ1n) is 4.99. The summed E-state index contributed by atoms with van der Waals surface area (Å²) in [5.74, 6) is 0.374. The average molecular weight is 204 g/mol. The predicted octanol–water partition coefficient (Wildman–Crippen LogP) is 1.25. The Morgan fingerprint density at radius 2 is 2.40 bits per heavy atom. The van der Waals surface area contributed by atoms with Crippen LogP contribution in [-0.2, 0) is 0 Å². The summed E-state index contributed by atoms with van der Waals surface area (Å²) in [6.07, 6.45) is 3.52. The van der Waals surface area contributed by atoms with E-state index in [0.717, 1.165) is 12.8 Å². The van der Waals surface area contributed by atoms with Gasteiger partial charge in [-0.25, -0.2) is 4.98 Å². The van der Waals surface area contributed by atoms with Crippen molar-refractivity contribution in [1.82, 2.24) is 4.98 Å². The molecule has 0 aromatic carbocycles. The summed E-state index contributed by atoms with van der Waals surface area (Å²) < 4.78 is 5.57. The van der Waals surface area contributed by atoms with Crippen molar-refractivity contribution in [3.63, 3.8) is 0 Å². The van der Waals surface area contributed by atoms with E-state index in [4.69, 9.17) is 10.00 Å². The molecule has 0 spiro atoms. The number of aromatic nitrogens is 1. The molecule has 0 amide bonds. The van der Waals surface area contributed by atoms with Crippen LogP contribution in [0.4, 0.5) is 0 Å². The zero-order valence-electron chi connectivity index (χ0n) is 8.26. The van der Waals surface area contributed by atoms with E-state index in [1.54, 1.807) is 18.3 Å². The van der Waals surface area contributed by atoms with Gasteiger partial charge in [-0.05, 0) is 25.0 Å². The lowest BCUT2D eigenvalue weighted by atomic mass is 10.3. The fourth-order valence-corrected chi connectivity index (χ4v) is 1.75. The third-order valence-corrected chi connectivity index (χ3v) is 2.53. The molecule has 2 atom stereocenters. The highest BCUT2D eigenvalue weighted by Crippen LogP contribution is 2.24. The zero-order chi connectivity index (χ0) is 10.7. The van der Waals surface area contributed by atoms with Crippen molar-refractivity contribution in [1.29, 1.82) is 5.26 Å². The molecule has 2 rings (SSSR count). The monoisotopic (exact) mass is 204 g/mol. The van der Waals surface area contributed by atoms with Gasteiger partial charge in [-0.3, -0.25) is 0 Å². The minimum Gasteiger partial charge on any atom is -0.473 e. The van der Waals surface area contributed by atoms with E-state index in [1.807, 2.05) is 6.07 Å². The quantitative estimate of drug-likeness (QED) is 0.787. The molecule has 1 saturated carbocycles. The Balaban J connectivity index is 2.08. The summed E-state index contributed by atoms with van der Waals surface area (Å²) in [5.41, 5.74) is 0.443. The van der Waals surface area contributed by atoms with Gasteiger partial charge < -0.3 is 9.84 Å². The van der Waals surface area contributed by atoms with Crippen molar-refractivity contribution < 1.29 is 9.84 Å². The smallest absolute Gasteiger partial charge is 0.231 e. The Morgan fingerprint density at radius 1 is 1.53 bits per heavy atom. The summed E-state index contributed by atoms with van der Waals surface area (Å²) >= 11 is 0. The van der Waals surface area contributed by atoms with Gasteiger partial charge in [-0.15, -0.1) is 0 Å². The Labute approximate surface area is 88.1 Å². The highest BCUT2D eigenvalue weighted by Gasteiger charge is 2.25. The van der Waals surface area contributed by atoms with Crippen molar-refractivity contribution in [2.45, 2.75) is 31.5 Å². The fourth-order valence-electron chi connectivity index (χ4n) is 1.75. The third-order valence-electron chi connectivity index (χ3n) is 2.53. The molecule has 0 bridgehead atoms. The van der Waals surface area contributed by atoms with E-state index in [2.05, 4.69) is 4.98 Å². The van der Waals surface area contributed by atoms with Crippen LogP contribution in [0.25, 0.3) is 0 Å². The number of nitriles is 1. The molecule has 1 N–H and O–H groups in total. The molecule has 4 heteroatoms. The first-order chi connectivity index (χ1) is 7.29. The van der Waals surface area contributed by atoms with Crippen LogP contribution < -0.4 is 4.74 Å². The minimum absolute atomic E-state index is 0.0120. The van der Waals surface area contributed by atoms with Crippen molar-refractivity contribution >= 4 is 0 Å². The molecule has 1 aromatic heterocycles. The molecule has 2 unspecified atom stereocenters. The van der Waals surface area contributed by atoms with E-state index >= 15 is 0 Å². The van der Waals surface area contributed by atoms with Crippen LogP contribution >= 0.6 is 0 Å². The van der Waals surface area contributed by atoms with E-state index in [0.29, 0.717) is 17.9 Å². The summed E-state index contributed by atoms with van der Waals surface area (Å²) in [5, 5.41) is 18.2. The van der Waals surface area contributed by atoms with Crippen LogP contribution in [0, 0.1) is 11.3 Å². The third kappa shape index (κ3) is 2.25. The Kier molecular flexibility index (Phi) is 2.84. The second kappa shape index (κ2) is 4.28. The molecular formula is C11H12N2O2. The summed E-state index contributed by atoms with van der Waals surface area (Å²) in [4.78, 5) is 4.01. The number of hydrogen-bond acceptors (Lipinski definition) is 4. The minimum atomic E-state index is -0.274. The molecule has 1 heterocycles. The SMILES string of the molecule is N#Cc1cccnc1OC1CCC(O)C1. The number of ether oxygens (including phenoxy) is 1. The van der Waals surface area contributed by atoms with Gasteiger partial charge in [0.05, 0.1) is 6.10 Å². The second-order valence-electron chi connectivity index (χ2n) is 3.67. The van der Waals surface area contributed by atoms with Gasteiger partial charge in [-0.1, -0.05) is 0 Å². The normalized spacial score (nSPS) is 24.8. The number of nitrogens with zero attached hydrogens (tertiary/aromatic N) is 2. The topological polar surface area (TPSA) is 66.1 Å². The van der Waals surface area contributed by atoms with E-state index in [9.17, 15) is 5.11 Å². The van der Waals surface area contributed by atoms with Crippen molar-refractivity contribution in [2.75, 3.05) is 0 Å². The van der Waals surface area contributed by atoms with Gasteiger partial charge in [0.15, 0.2) is 0 Å². The van der Waals surface area contributed by atoms with E-state index in [1.165, 1.54) is 0 Å². The van der Waals surface area contributed by atoms with Crippen LogP contribution in [0.1, 0.15) is 24.8 Å². The van der Waals surface area contributed by atoms with Crippen molar-refractivity contribution in [2.24, 2.45) is 0 Å². The molecular weight excluding hydrogens is 192 g/mol. The Hall–Kier alpha value is -1.60. The van der Waals surface area contributed by atoms with Gasteiger partial charge in [-0.2, -0.15) is 5.26 Å². The number of rotatable bonds is 2. The Bertz CT molecular complexity index is 386. The predicted molar refractivity (Wildman–Crippen MR) is 53.2 cm³/mol. The Morgan fingerprint density at radius 3 is 3.07 bits per heavy atom. The maximum atomic E-state index is 9.34. The maximum absolute atomic E-state index is 9.34. The lowest BCUT2D eigenvalue weighted by molar-refractivity contribution is 0.146. The molecule has 1 fully saturated rings. The van der Waals surface area contributed by atoms with Gasteiger partial charge in [0, 0.05) is 12.6 Å². The number of pyridine rings is 1. The van der Waals surface area contributed by atoms with Gasteiger partial charge in [0.1, 0.15) is 17.7 Å². The van der Waals surface area contributed by atoms with Gasteiger partial charge >= 0.3 is 0 Å². The number of hydrogen-bond donors (Lipinski definition) is 1. The molecule has 1 aliphatic carbocycles. The van der Waals surface area contributed by atoms with Gasteiger partial charge in [0.2, 0.25) is 5.88 Å². The summed E-state index contributed by atoms with van der Waals surface area (Å²) in [6.45, 7) is 0. The van der Waals surface area contributed by atoms with Crippen LogP contribution in [-0.4, -0.2) is 22.3 Å². The van der Waals surface area contributed by atoms with Crippen molar-refractivity contribution in [3.05, 3.63) is 23.9 Å². The fraction of sp³-hybridized carbons (Fsp3) is 0.455. The average Bonchev–Trinajstić information content (AvgIpc) is 2.65. The van der Waals surface area contributed by atoms with Crippen LogP contribution in [0.3, 0.4) is 0 Å². The van der Waals surface area contributed by atoms with Crippen molar-refractivity contribution in [3.8, 4) is 11.9 Å². The lowest BCUT2D eigenvalue weighted by Gasteiger charge is -2.12. The number of aliphatic hydroxyl groups is 1. The first-order valence-corrected chi connectivity index (χ1v) is 4.99.